The van der Waals surface area contributed by atoms with Crippen LogP contribution in [0.25, 0.3) is 33.4 Å². The van der Waals surface area contributed by atoms with E-state index in [9.17, 15) is 0 Å². The summed E-state index contributed by atoms with van der Waals surface area (Å²) < 4.78 is 0. The summed E-state index contributed by atoms with van der Waals surface area (Å²) in [5, 5.41) is 0. The number of nitrogens with zero attached hydrogens (tertiary/aromatic N) is 5. The molecule has 0 radical (unpaired) electrons. The quantitative estimate of drug-likeness (QED) is 0.113. The lowest BCUT2D eigenvalue weighted by Crippen LogP contribution is -2.64. The zero-order valence-corrected chi connectivity index (χ0v) is 54.3. The van der Waals surface area contributed by atoms with Crippen LogP contribution in [0.1, 0.15) is 0 Å². The summed E-state index contributed by atoms with van der Waals surface area (Å²) in [7, 11) is 0. The lowest BCUT2D eigenvalue weighted by Gasteiger charge is -2.46. The van der Waals surface area contributed by atoms with E-state index in [1.165, 1.54) is 65.1 Å². The largest absolute Gasteiger partial charge is 0.311 e. The maximum absolute atomic E-state index is 2.64. The molecule has 15 aromatic rings. The van der Waals surface area contributed by atoms with Crippen molar-refractivity contribution in [2.75, 3.05) is 24.5 Å². The Kier molecular flexibility index (Phi) is 14.0. The first-order valence-electron chi connectivity index (χ1n) is 33.7. The van der Waals surface area contributed by atoms with Gasteiger partial charge in [-0.3, -0.25) is 0 Å². The van der Waals surface area contributed by atoms with Crippen molar-refractivity contribution >= 4 is 143 Å². The lowest BCUT2D eigenvalue weighted by atomic mass is 9.31. The van der Waals surface area contributed by atoms with E-state index in [4.69, 9.17) is 0 Å². The van der Waals surface area contributed by atoms with Gasteiger partial charge in [0.15, 0.2) is 0 Å². The minimum absolute atomic E-state index is 0.100. The Balaban J connectivity index is 0.893. The Labute approximate surface area is 577 Å². The fourth-order valence-corrected chi connectivity index (χ4v) is 17.0. The van der Waals surface area contributed by atoms with Gasteiger partial charge in [0.1, 0.15) is 0 Å². The van der Waals surface area contributed by atoms with Gasteiger partial charge >= 0.3 is 0 Å². The Morgan fingerprint density at radius 2 is 0.582 bits per heavy atom. The average Bonchev–Trinajstić information content (AvgIpc) is 0.689. The van der Waals surface area contributed by atoms with Gasteiger partial charge in [0, 0.05) is 89.3 Å². The number of anilines is 15. The van der Waals surface area contributed by atoms with Crippen molar-refractivity contribution in [1.82, 2.24) is 0 Å². The van der Waals surface area contributed by atoms with Crippen molar-refractivity contribution in [3.8, 4) is 33.4 Å². The highest BCUT2D eigenvalue weighted by Gasteiger charge is 2.48. The Hall–Kier alpha value is -12.2. The normalized spacial score (nSPS) is 12.8. The molecule has 0 amide bonds. The number of para-hydroxylation sites is 7. The molecule has 4 heterocycles. The molecule has 0 aliphatic carbocycles. The van der Waals surface area contributed by atoms with Crippen molar-refractivity contribution in [2.24, 2.45) is 0 Å². The molecule has 98 heavy (non-hydrogen) atoms. The van der Waals surface area contributed by atoms with Crippen LogP contribution in [-0.4, -0.2) is 13.4 Å². The van der Waals surface area contributed by atoms with Crippen LogP contribution >= 0.6 is 11.8 Å². The SMILES string of the molecule is c1ccc(-c2ccc(N(c3ccc(-c4ccccc4)cc3)c3cc4c5c(c3)N(c3ccccc3-c3ccccc3)c3cc6c(cc3B5c3ccccc3N4c3ccccc3)B3c4ccccc4N(c4ccccc4)c4cc(N(c5ccccc5)c5ccccc5)cc(c43)S6)cc2)cc1. The molecule has 8 heteroatoms. The van der Waals surface area contributed by atoms with E-state index in [0.717, 1.165) is 96.2 Å². The van der Waals surface area contributed by atoms with Crippen LogP contribution in [0.5, 0.6) is 0 Å². The molecule has 0 aromatic heterocycles. The Morgan fingerprint density at radius 3 is 1.08 bits per heavy atom. The molecule has 0 saturated carbocycles. The molecule has 0 unspecified atom stereocenters. The minimum atomic E-state index is -0.174. The average molecular weight is 1270 g/mol. The summed E-state index contributed by atoms with van der Waals surface area (Å²) in [6, 6.07) is 137. The third-order valence-electron chi connectivity index (χ3n) is 20.0. The fraction of sp³-hybridized carbons (Fsp3) is 0. The molecule has 0 spiro atoms. The van der Waals surface area contributed by atoms with Crippen molar-refractivity contribution in [2.45, 2.75) is 9.79 Å². The molecule has 15 aromatic carbocycles. The molecule has 0 atom stereocenters. The van der Waals surface area contributed by atoms with Crippen LogP contribution in [0.2, 0.25) is 0 Å². The van der Waals surface area contributed by atoms with E-state index in [2.05, 4.69) is 395 Å². The number of benzene rings is 15. The second-order valence-electron chi connectivity index (χ2n) is 25.5. The predicted octanol–water partition coefficient (Wildman–Crippen LogP) is 20.5. The van der Waals surface area contributed by atoms with E-state index in [1.54, 1.807) is 0 Å². The smallest absolute Gasteiger partial charge is 0.252 e. The van der Waals surface area contributed by atoms with Gasteiger partial charge in [0.05, 0.1) is 11.4 Å². The molecule has 0 N–H and O–H groups in total. The first-order chi connectivity index (χ1) is 48.6. The van der Waals surface area contributed by atoms with E-state index in [-0.39, 0.29) is 13.4 Å². The molecular weight excluding hydrogens is 1200 g/mol. The molecule has 458 valence electrons. The molecule has 4 aliphatic heterocycles. The number of hydrogen-bond donors (Lipinski definition) is 0. The summed E-state index contributed by atoms with van der Waals surface area (Å²) in [5.74, 6) is 0. The van der Waals surface area contributed by atoms with E-state index >= 15 is 0 Å². The molecule has 0 bridgehead atoms. The van der Waals surface area contributed by atoms with Crippen LogP contribution in [-0.2, 0) is 0 Å². The first-order valence-corrected chi connectivity index (χ1v) is 34.5. The zero-order chi connectivity index (χ0) is 64.6. The van der Waals surface area contributed by atoms with E-state index in [0.29, 0.717) is 0 Å². The molecule has 0 saturated heterocycles. The highest BCUT2D eigenvalue weighted by Crippen LogP contribution is 2.53. The van der Waals surface area contributed by atoms with Crippen LogP contribution in [0.4, 0.5) is 85.3 Å². The standard InChI is InChI=1S/C90H61B2N5S/c1-8-28-62(29-9-1)64-48-52-71(53-49-64)94(72-54-50-65(51-55-72)63-30-10-2-11-31-63)73-56-84-89-85(57-73)97(80-45-25-22-42-75(80)66-32-12-3-13-33-66)83-61-87-79(60-78(83)91(89)76-43-23-26-46-81(76)95(84)69-38-18-6-19-39-69)92-77-44-24-27-47-82(77)96(70-40-20-7-21-41-70)86-58-74(59-88(98-87)90(86)92)93(67-34-14-4-15-35-67)68-36-16-5-17-37-68/h1-61H. The fourth-order valence-electron chi connectivity index (χ4n) is 15.8. The molecular formula is C90H61B2N5S. The predicted molar refractivity (Wildman–Crippen MR) is 416 cm³/mol. The highest BCUT2D eigenvalue weighted by atomic mass is 32.2. The number of rotatable bonds is 12. The second-order valence-corrected chi connectivity index (χ2v) is 26.6. The lowest BCUT2D eigenvalue weighted by molar-refractivity contribution is 1.22. The van der Waals surface area contributed by atoms with Crippen LogP contribution in [0.15, 0.2) is 380 Å². The monoisotopic (exact) mass is 1270 g/mol. The van der Waals surface area contributed by atoms with Crippen LogP contribution in [0, 0.1) is 0 Å². The number of hydrogen-bond acceptors (Lipinski definition) is 6. The third-order valence-corrected chi connectivity index (χ3v) is 21.1. The Bertz CT molecular complexity index is 5380. The summed E-state index contributed by atoms with van der Waals surface area (Å²) >= 11 is 1.91. The maximum atomic E-state index is 2.64. The molecule has 0 fully saturated rings. The van der Waals surface area contributed by atoms with Crippen LogP contribution < -0.4 is 57.3 Å². The van der Waals surface area contributed by atoms with Crippen LogP contribution in [0.3, 0.4) is 0 Å². The number of fused-ring (bicyclic) bond motifs is 8. The zero-order valence-electron chi connectivity index (χ0n) is 53.5. The maximum Gasteiger partial charge on any atom is 0.252 e. The van der Waals surface area contributed by atoms with Crippen molar-refractivity contribution in [1.29, 1.82) is 0 Å². The van der Waals surface area contributed by atoms with Gasteiger partial charge in [0.25, 0.3) is 6.71 Å². The van der Waals surface area contributed by atoms with Gasteiger partial charge < -0.3 is 24.5 Å². The second kappa shape index (κ2) is 23.9. The van der Waals surface area contributed by atoms with Gasteiger partial charge in [-0.2, -0.15) is 0 Å². The van der Waals surface area contributed by atoms with E-state index < -0.39 is 0 Å². The minimum Gasteiger partial charge on any atom is -0.311 e. The van der Waals surface area contributed by atoms with Crippen molar-refractivity contribution in [3.63, 3.8) is 0 Å². The van der Waals surface area contributed by atoms with Gasteiger partial charge in [-0.05, 0) is 176 Å². The summed E-state index contributed by atoms with van der Waals surface area (Å²) in [6.45, 7) is -0.274. The molecule has 4 aliphatic rings. The highest BCUT2D eigenvalue weighted by molar-refractivity contribution is 8.00. The topological polar surface area (TPSA) is 16.2 Å². The van der Waals surface area contributed by atoms with Gasteiger partial charge in [-0.1, -0.05) is 266 Å². The summed E-state index contributed by atoms with van der Waals surface area (Å²) in [5.41, 5.74) is 31.3. The Morgan fingerprint density at radius 1 is 0.214 bits per heavy atom. The van der Waals surface area contributed by atoms with Crippen molar-refractivity contribution < 1.29 is 0 Å². The third kappa shape index (κ3) is 9.58. The van der Waals surface area contributed by atoms with E-state index in [1.807, 2.05) is 11.8 Å². The van der Waals surface area contributed by atoms with Crippen molar-refractivity contribution in [3.05, 3.63) is 370 Å². The molecule has 19 rings (SSSR count). The van der Waals surface area contributed by atoms with Gasteiger partial charge in [0.2, 0.25) is 6.71 Å². The molecule has 5 nitrogen and oxygen atoms in total. The summed E-state index contributed by atoms with van der Waals surface area (Å²) in [6.07, 6.45) is 0. The van der Waals surface area contributed by atoms with Gasteiger partial charge in [-0.15, -0.1) is 0 Å². The summed E-state index contributed by atoms with van der Waals surface area (Å²) in [4.78, 5) is 15.0. The first kappa shape index (κ1) is 57.2. The van der Waals surface area contributed by atoms with Gasteiger partial charge in [-0.25, -0.2) is 0 Å².